The number of ketones is 1. The first-order valence-corrected chi connectivity index (χ1v) is 19.3. The predicted octanol–water partition coefficient (Wildman–Crippen LogP) is 2.34. The third-order valence-corrected chi connectivity index (χ3v) is 12.5. The molecule has 3 aliphatic carbocycles. The summed E-state index contributed by atoms with van der Waals surface area (Å²) in [6.07, 6.45) is 7.03. The molecule has 0 aromatic rings. The molecule has 7 aliphatic rings. The van der Waals surface area contributed by atoms with Crippen molar-refractivity contribution >= 4 is 17.8 Å². The number of amides is 2. The lowest BCUT2D eigenvalue weighted by molar-refractivity contribution is -0.219. The lowest BCUT2D eigenvalue weighted by atomic mass is 9.64. The van der Waals surface area contributed by atoms with Crippen LogP contribution in [0.3, 0.4) is 0 Å². The number of ether oxygens (including phenoxy) is 3. The summed E-state index contributed by atoms with van der Waals surface area (Å²) in [6.45, 7) is 10.6. The van der Waals surface area contributed by atoms with Crippen LogP contribution in [-0.2, 0) is 23.8 Å². The molecule has 10 unspecified atom stereocenters. The number of hydrogen-bond acceptors (Lipinski definition) is 10. The number of rotatable bonds is 8. The summed E-state index contributed by atoms with van der Waals surface area (Å²) in [7, 11) is 0. The molecule has 13 heteroatoms. The SMILES string of the molecule is CC(C)(C)OC(=O)NC1CCN(C2C(F)CC3C(=O)C(C(=O)N4CCN(CCOCCO)CC4)=CN4C5CC6CCCCC6CC5OC2C34)C1. The minimum atomic E-state index is -1.30. The number of hydrogen-bond donors (Lipinski definition) is 2. The van der Waals surface area contributed by atoms with Crippen LogP contribution in [0.4, 0.5) is 9.18 Å². The molecular weight excluding hydrogens is 645 g/mol. The molecule has 7 rings (SSSR count). The minimum absolute atomic E-state index is 0.00410. The minimum Gasteiger partial charge on any atom is -0.444 e. The standard InChI is InChI=1S/C37H58FN5O7/c1-37(2,3)50-36(47)39-25-8-9-42(21-25)32-28(38)20-26-31-34(32)49-30-19-24-7-5-4-6-23(24)18-29(30)43(31)22-27(33(26)45)35(46)41-12-10-40(11-13-41)14-16-48-17-15-44/h22-26,28-32,34,44H,4-21H2,1-3H3,(H,39,47). The van der Waals surface area contributed by atoms with Crippen LogP contribution >= 0.6 is 0 Å². The van der Waals surface area contributed by atoms with Gasteiger partial charge in [0.05, 0.1) is 55.7 Å². The molecule has 4 heterocycles. The first kappa shape index (κ1) is 36.1. The molecule has 0 aromatic carbocycles. The summed E-state index contributed by atoms with van der Waals surface area (Å²) in [5, 5.41) is 11.9. The Morgan fingerprint density at radius 1 is 1.00 bits per heavy atom. The third kappa shape index (κ3) is 7.44. The van der Waals surface area contributed by atoms with E-state index in [0.29, 0.717) is 70.7 Å². The molecule has 0 bridgehead atoms. The molecule has 10 atom stereocenters. The summed E-state index contributed by atoms with van der Waals surface area (Å²) in [5.74, 6) is 0.0556. The van der Waals surface area contributed by atoms with Gasteiger partial charge < -0.3 is 34.4 Å². The van der Waals surface area contributed by atoms with E-state index in [1.165, 1.54) is 25.7 Å². The maximum atomic E-state index is 16.7. The van der Waals surface area contributed by atoms with Crippen molar-refractivity contribution in [1.82, 2.24) is 24.9 Å². The van der Waals surface area contributed by atoms with Crippen LogP contribution in [-0.4, -0.2) is 156 Å². The molecule has 4 aliphatic heterocycles. The zero-order valence-electron chi connectivity index (χ0n) is 30.1. The number of fused-ring (bicyclic) bond motifs is 3. The van der Waals surface area contributed by atoms with Crippen LogP contribution in [0.2, 0.25) is 0 Å². The highest BCUT2D eigenvalue weighted by molar-refractivity contribution is 6.20. The number of piperazine rings is 1. The van der Waals surface area contributed by atoms with Crippen molar-refractivity contribution in [1.29, 1.82) is 0 Å². The summed E-state index contributed by atoms with van der Waals surface area (Å²) in [4.78, 5) is 49.4. The number of carbonyl (C=O) groups is 3. The van der Waals surface area contributed by atoms with Gasteiger partial charge >= 0.3 is 6.09 Å². The highest BCUT2D eigenvalue weighted by Crippen LogP contribution is 2.51. The Kier molecular flexibility index (Phi) is 10.8. The summed E-state index contributed by atoms with van der Waals surface area (Å²) >= 11 is 0. The highest BCUT2D eigenvalue weighted by atomic mass is 19.1. The molecule has 280 valence electrons. The molecule has 3 saturated heterocycles. The molecule has 6 fully saturated rings. The van der Waals surface area contributed by atoms with E-state index in [1.54, 1.807) is 4.90 Å². The van der Waals surface area contributed by atoms with E-state index in [9.17, 15) is 14.4 Å². The van der Waals surface area contributed by atoms with Crippen molar-refractivity contribution in [3.05, 3.63) is 11.8 Å². The number of aliphatic hydroxyl groups excluding tert-OH is 1. The Hall–Kier alpha value is -2.32. The number of likely N-dealkylation sites (tertiary alicyclic amines) is 1. The van der Waals surface area contributed by atoms with Gasteiger partial charge in [-0.25, -0.2) is 9.18 Å². The summed E-state index contributed by atoms with van der Waals surface area (Å²) < 4.78 is 34.6. The summed E-state index contributed by atoms with van der Waals surface area (Å²) in [6, 6.07) is -0.972. The molecule has 12 nitrogen and oxygen atoms in total. The Labute approximate surface area is 296 Å². The average molecular weight is 704 g/mol. The van der Waals surface area contributed by atoms with E-state index >= 15 is 4.39 Å². The van der Waals surface area contributed by atoms with E-state index in [-0.39, 0.29) is 54.5 Å². The number of morpholine rings is 1. The molecule has 2 N–H and O–H groups in total. The second-order valence-electron chi connectivity index (χ2n) is 16.8. The number of aliphatic hydroxyl groups is 1. The number of nitrogens with one attached hydrogen (secondary N) is 1. The van der Waals surface area contributed by atoms with E-state index in [4.69, 9.17) is 19.3 Å². The Balaban J connectivity index is 1.11. The predicted molar refractivity (Wildman–Crippen MR) is 183 cm³/mol. The lowest BCUT2D eigenvalue weighted by Crippen LogP contribution is -2.73. The normalized spacial score (nSPS) is 37.8. The first-order valence-electron chi connectivity index (χ1n) is 19.3. The Morgan fingerprint density at radius 2 is 1.74 bits per heavy atom. The second-order valence-corrected chi connectivity index (χ2v) is 16.8. The van der Waals surface area contributed by atoms with Crippen molar-refractivity contribution in [2.45, 2.75) is 120 Å². The van der Waals surface area contributed by atoms with Crippen LogP contribution in [0.1, 0.15) is 72.1 Å². The van der Waals surface area contributed by atoms with Gasteiger partial charge in [-0.05, 0) is 58.3 Å². The van der Waals surface area contributed by atoms with E-state index in [0.717, 1.165) is 19.4 Å². The number of alkyl carbamates (subject to hydrolysis) is 1. The van der Waals surface area contributed by atoms with Crippen LogP contribution in [0.5, 0.6) is 0 Å². The Bertz CT molecular complexity index is 1290. The van der Waals surface area contributed by atoms with Crippen LogP contribution in [0.15, 0.2) is 11.8 Å². The summed E-state index contributed by atoms with van der Waals surface area (Å²) in [5.41, 5.74) is -0.408. The van der Waals surface area contributed by atoms with Crippen molar-refractivity contribution in [2.24, 2.45) is 17.8 Å². The van der Waals surface area contributed by atoms with E-state index in [1.807, 2.05) is 27.0 Å². The van der Waals surface area contributed by atoms with Gasteiger partial charge in [0.15, 0.2) is 5.78 Å². The van der Waals surface area contributed by atoms with Gasteiger partial charge in [-0.2, -0.15) is 0 Å². The van der Waals surface area contributed by atoms with Gasteiger partial charge in [0, 0.05) is 64.0 Å². The fourth-order valence-electron chi connectivity index (χ4n) is 10.2. The monoisotopic (exact) mass is 703 g/mol. The van der Waals surface area contributed by atoms with Gasteiger partial charge in [0.25, 0.3) is 5.91 Å². The van der Waals surface area contributed by atoms with Gasteiger partial charge in [-0.15, -0.1) is 0 Å². The van der Waals surface area contributed by atoms with Gasteiger partial charge in [-0.1, -0.05) is 25.7 Å². The number of halogens is 1. The van der Waals surface area contributed by atoms with Crippen LogP contribution < -0.4 is 5.32 Å². The van der Waals surface area contributed by atoms with Gasteiger partial charge in [0.2, 0.25) is 0 Å². The maximum Gasteiger partial charge on any atom is 0.407 e. The fourth-order valence-corrected chi connectivity index (χ4v) is 10.2. The number of Topliss-reactive ketones (excluding diaryl/α,β-unsaturated/α-hetero) is 1. The number of nitrogens with zero attached hydrogens (tertiary/aromatic N) is 4. The zero-order chi connectivity index (χ0) is 35.2. The maximum absolute atomic E-state index is 16.7. The number of carbonyl (C=O) groups excluding carboxylic acids is 3. The molecule has 0 aromatic heterocycles. The van der Waals surface area contributed by atoms with E-state index < -0.39 is 35.9 Å². The zero-order valence-corrected chi connectivity index (χ0v) is 30.1. The van der Waals surface area contributed by atoms with Gasteiger partial charge in [0.1, 0.15) is 11.8 Å². The quantitative estimate of drug-likeness (QED) is 0.288. The largest absolute Gasteiger partial charge is 0.444 e. The lowest BCUT2D eigenvalue weighted by Gasteiger charge is -2.61. The first-order chi connectivity index (χ1) is 24.0. The van der Waals surface area contributed by atoms with Gasteiger partial charge in [-0.3, -0.25) is 19.4 Å². The Morgan fingerprint density at radius 3 is 2.46 bits per heavy atom. The van der Waals surface area contributed by atoms with Crippen LogP contribution in [0.25, 0.3) is 0 Å². The smallest absolute Gasteiger partial charge is 0.407 e. The third-order valence-electron chi connectivity index (χ3n) is 12.5. The molecule has 50 heavy (non-hydrogen) atoms. The van der Waals surface area contributed by atoms with Crippen molar-refractivity contribution < 1.29 is 38.1 Å². The van der Waals surface area contributed by atoms with Crippen molar-refractivity contribution in [3.8, 4) is 0 Å². The molecule has 0 radical (unpaired) electrons. The number of alkyl halides is 1. The fraction of sp³-hybridized carbons (Fsp3) is 0.865. The molecule has 3 saturated carbocycles. The molecule has 0 spiro atoms. The van der Waals surface area contributed by atoms with Crippen molar-refractivity contribution in [3.63, 3.8) is 0 Å². The average Bonchev–Trinajstić information content (AvgIpc) is 3.53. The topological polar surface area (TPSA) is 124 Å². The highest BCUT2D eigenvalue weighted by Gasteiger charge is 2.61. The van der Waals surface area contributed by atoms with E-state index in [2.05, 4.69) is 20.0 Å². The molecule has 2 amide bonds. The molecular formula is C37H58FN5O7. The van der Waals surface area contributed by atoms with Crippen molar-refractivity contribution in [2.75, 3.05) is 65.6 Å². The second kappa shape index (κ2) is 15.0. The van der Waals surface area contributed by atoms with Crippen LogP contribution in [0, 0.1) is 17.8 Å².